The Morgan fingerprint density at radius 1 is 1.09 bits per heavy atom. The lowest BCUT2D eigenvalue weighted by Gasteiger charge is -2.11. The molecule has 2 aromatic heterocycles. The van der Waals surface area contributed by atoms with Crippen molar-refractivity contribution in [1.82, 2.24) is 24.8 Å². The molecular formula is C21H23N5O5S. The van der Waals surface area contributed by atoms with E-state index in [0.29, 0.717) is 37.1 Å². The van der Waals surface area contributed by atoms with Crippen molar-refractivity contribution in [1.29, 1.82) is 0 Å². The number of pyridine rings is 1. The van der Waals surface area contributed by atoms with Crippen molar-refractivity contribution >= 4 is 15.9 Å². The van der Waals surface area contributed by atoms with Gasteiger partial charge in [0.1, 0.15) is 0 Å². The smallest absolute Gasteiger partial charge is 0.240 e. The van der Waals surface area contributed by atoms with Gasteiger partial charge in [-0.2, -0.15) is 5.10 Å². The van der Waals surface area contributed by atoms with Crippen molar-refractivity contribution in [3.05, 3.63) is 60.6 Å². The predicted octanol–water partition coefficient (Wildman–Crippen LogP) is 1.41. The van der Waals surface area contributed by atoms with Crippen molar-refractivity contribution in [3.63, 3.8) is 0 Å². The Labute approximate surface area is 185 Å². The zero-order chi connectivity index (χ0) is 22.4. The monoisotopic (exact) mass is 457 g/mol. The topological polar surface area (TPSA) is 124 Å². The lowest BCUT2D eigenvalue weighted by atomic mass is 10.2. The maximum absolute atomic E-state index is 12.6. The van der Waals surface area contributed by atoms with E-state index in [1.165, 1.54) is 12.1 Å². The summed E-state index contributed by atoms with van der Waals surface area (Å²) in [4.78, 5) is 16.5. The molecular weight excluding hydrogens is 434 g/mol. The molecule has 10 nitrogen and oxygen atoms in total. The molecule has 1 aliphatic heterocycles. The second-order valence-corrected chi connectivity index (χ2v) is 8.82. The lowest BCUT2D eigenvalue weighted by molar-refractivity contribution is -0.121. The van der Waals surface area contributed by atoms with Gasteiger partial charge in [-0.1, -0.05) is 0 Å². The SMILES string of the molecule is O=C(CCNS(=O)(=O)c1ccc2c(c1)OCCCO2)NCc1ccnc(-n2cccn2)c1. The van der Waals surface area contributed by atoms with Crippen LogP contribution in [0, 0.1) is 0 Å². The normalized spacial score (nSPS) is 13.4. The van der Waals surface area contributed by atoms with Crippen LogP contribution in [0.1, 0.15) is 18.4 Å². The van der Waals surface area contributed by atoms with Gasteiger partial charge in [0.25, 0.3) is 0 Å². The number of nitrogens with zero attached hydrogens (tertiary/aromatic N) is 3. The van der Waals surface area contributed by atoms with Crippen LogP contribution in [-0.2, 0) is 21.4 Å². The second-order valence-electron chi connectivity index (χ2n) is 7.06. The van der Waals surface area contributed by atoms with Crippen LogP contribution in [0.15, 0.2) is 59.9 Å². The van der Waals surface area contributed by atoms with Gasteiger partial charge in [0.2, 0.25) is 15.9 Å². The molecule has 1 aromatic carbocycles. The van der Waals surface area contributed by atoms with Crippen LogP contribution in [0.4, 0.5) is 0 Å². The standard InChI is InChI=1S/C21H23N5O5S/c27-21(23-15-16-5-8-22-20(13-16)26-10-1-7-24-26)6-9-25-32(28,29)17-3-4-18-19(14-17)31-12-2-11-30-18/h1,3-5,7-8,10,13-14,25H,2,6,9,11-12,15H2,(H,23,27). The summed E-state index contributed by atoms with van der Waals surface area (Å²) in [5.41, 5.74) is 0.853. The van der Waals surface area contributed by atoms with Crippen molar-refractivity contribution in [2.24, 2.45) is 0 Å². The number of hydrogen-bond acceptors (Lipinski definition) is 7. The molecule has 0 unspecified atom stereocenters. The molecule has 32 heavy (non-hydrogen) atoms. The molecule has 1 aliphatic rings. The first-order chi connectivity index (χ1) is 15.5. The van der Waals surface area contributed by atoms with Gasteiger partial charge in [-0.05, 0) is 35.9 Å². The third-order valence-corrected chi connectivity index (χ3v) is 6.17. The molecule has 0 spiro atoms. The quantitative estimate of drug-likeness (QED) is 0.524. The van der Waals surface area contributed by atoms with Crippen molar-refractivity contribution in [3.8, 4) is 17.3 Å². The van der Waals surface area contributed by atoms with Crippen LogP contribution in [0.5, 0.6) is 11.5 Å². The Morgan fingerprint density at radius 3 is 2.75 bits per heavy atom. The third-order valence-electron chi connectivity index (χ3n) is 4.71. The molecule has 1 amide bonds. The summed E-state index contributed by atoms with van der Waals surface area (Å²) in [6, 6.07) is 9.87. The van der Waals surface area contributed by atoms with Gasteiger partial charge in [0.15, 0.2) is 17.3 Å². The molecule has 2 N–H and O–H groups in total. The lowest BCUT2D eigenvalue weighted by Crippen LogP contribution is -2.30. The van der Waals surface area contributed by atoms with Crippen LogP contribution < -0.4 is 19.5 Å². The molecule has 0 fully saturated rings. The highest BCUT2D eigenvalue weighted by Crippen LogP contribution is 2.31. The van der Waals surface area contributed by atoms with Gasteiger partial charge in [-0.3, -0.25) is 4.79 Å². The molecule has 4 rings (SSSR count). The number of sulfonamides is 1. The van der Waals surface area contributed by atoms with E-state index in [1.54, 1.807) is 41.5 Å². The molecule has 0 bridgehead atoms. The molecule has 0 atom stereocenters. The number of carbonyl (C=O) groups is 1. The van der Waals surface area contributed by atoms with Crippen molar-refractivity contribution in [2.75, 3.05) is 19.8 Å². The number of benzene rings is 1. The highest BCUT2D eigenvalue weighted by atomic mass is 32.2. The summed E-state index contributed by atoms with van der Waals surface area (Å²) in [6.45, 7) is 1.25. The van der Waals surface area contributed by atoms with Gasteiger partial charge in [-0.15, -0.1) is 0 Å². The van der Waals surface area contributed by atoms with Crippen LogP contribution in [0.25, 0.3) is 5.82 Å². The van der Waals surface area contributed by atoms with E-state index in [1.807, 2.05) is 6.07 Å². The number of rotatable bonds is 8. The van der Waals surface area contributed by atoms with E-state index in [-0.39, 0.29) is 23.8 Å². The van der Waals surface area contributed by atoms with Crippen LogP contribution in [0.3, 0.4) is 0 Å². The molecule has 0 saturated heterocycles. The molecule has 3 heterocycles. The molecule has 0 aliphatic carbocycles. The third kappa shape index (κ3) is 5.42. The maximum Gasteiger partial charge on any atom is 0.240 e. The van der Waals surface area contributed by atoms with Gasteiger partial charge in [0, 0.05) is 50.6 Å². The van der Waals surface area contributed by atoms with E-state index in [0.717, 1.165) is 12.0 Å². The summed E-state index contributed by atoms with van der Waals surface area (Å²) in [6.07, 6.45) is 5.81. The van der Waals surface area contributed by atoms with Crippen LogP contribution in [-0.4, -0.2) is 48.8 Å². The minimum absolute atomic E-state index is 0.000872. The fourth-order valence-corrected chi connectivity index (χ4v) is 4.13. The largest absolute Gasteiger partial charge is 0.490 e. The number of ether oxygens (including phenoxy) is 2. The average molecular weight is 458 g/mol. The van der Waals surface area contributed by atoms with Gasteiger partial charge in [0.05, 0.1) is 18.1 Å². The number of nitrogens with one attached hydrogen (secondary N) is 2. The summed E-state index contributed by atoms with van der Waals surface area (Å²) in [5.74, 6) is 1.29. The average Bonchev–Trinajstić information content (AvgIpc) is 3.23. The number of fused-ring (bicyclic) bond motifs is 1. The number of amides is 1. The van der Waals surface area contributed by atoms with Gasteiger partial charge < -0.3 is 14.8 Å². The van der Waals surface area contributed by atoms with E-state index in [2.05, 4.69) is 20.1 Å². The Hall–Kier alpha value is -3.44. The fraction of sp³-hybridized carbons (Fsp3) is 0.286. The van der Waals surface area contributed by atoms with E-state index in [4.69, 9.17) is 9.47 Å². The molecule has 168 valence electrons. The van der Waals surface area contributed by atoms with E-state index < -0.39 is 10.0 Å². The molecule has 0 saturated carbocycles. The molecule has 11 heteroatoms. The highest BCUT2D eigenvalue weighted by Gasteiger charge is 2.19. The number of carbonyl (C=O) groups excluding carboxylic acids is 1. The van der Waals surface area contributed by atoms with Gasteiger partial charge in [-0.25, -0.2) is 22.8 Å². The Kier molecular flexibility index (Phi) is 6.66. The number of hydrogen-bond donors (Lipinski definition) is 2. The number of aromatic nitrogens is 3. The first-order valence-corrected chi connectivity index (χ1v) is 11.6. The summed E-state index contributed by atoms with van der Waals surface area (Å²) < 4.78 is 40.3. The minimum atomic E-state index is -3.78. The fourth-order valence-electron chi connectivity index (χ4n) is 3.08. The van der Waals surface area contributed by atoms with Crippen LogP contribution >= 0.6 is 0 Å². The Morgan fingerprint density at radius 2 is 1.94 bits per heavy atom. The Balaban J connectivity index is 1.27. The Bertz CT molecular complexity index is 1180. The van der Waals surface area contributed by atoms with Crippen LogP contribution in [0.2, 0.25) is 0 Å². The van der Waals surface area contributed by atoms with Crippen molar-refractivity contribution < 1.29 is 22.7 Å². The molecule has 3 aromatic rings. The maximum atomic E-state index is 12.6. The van der Waals surface area contributed by atoms with E-state index in [9.17, 15) is 13.2 Å². The van der Waals surface area contributed by atoms with E-state index >= 15 is 0 Å². The second kappa shape index (κ2) is 9.79. The molecule has 0 radical (unpaired) electrons. The highest BCUT2D eigenvalue weighted by molar-refractivity contribution is 7.89. The minimum Gasteiger partial charge on any atom is -0.490 e. The zero-order valence-electron chi connectivity index (χ0n) is 17.2. The first kappa shape index (κ1) is 21.8. The van der Waals surface area contributed by atoms with Gasteiger partial charge >= 0.3 is 0 Å². The zero-order valence-corrected chi connectivity index (χ0v) is 18.0. The predicted molar refractivity (Wildman–Crippen MR) is 115 cm³/mol. The first-order valence-electron chi connectivity index (χ1n) is 10.1. The van der Waals surface area contributed by atoms with Crippen molar-refractivity contribution in [2.45, 2.75) is 24.3 Å². The summed E-state index contributed by atoms with van der Waals surface area (Å²) in [7, 11) is -3.78. The summed E-state index contributed by atoms with van der Waals surface area (Å²) in [5, 5.41) is 6.90. The summed E-state index contributed by atoms with van der Waals surface area (Å²) >= 11 is 0.